The number of hydrogen-bond acceptors (Lipinski definition) is 8. The van der Waals surface area contributed by atoms with Gasteiger partial charge in [-0.1, -0.05) is 30.3 Å². The lowest BCUT2D eigenvalue weighted by Gasteiger charge is -2.19. The summed E-state index contributed by atoms with van der Waals surface area (Å²) < 4.78 is 34.9. The van der Waals surface area contributed by atoms with Gasteiger partial charge in [0.25, 0.3) is 15.7 Å². The number of non-ortho nitro benzene ring substituents is 1. The Kier molecular flexibility index (Phi) is 6.75. The van der Waals surface area contributed by atoms with Crippen LogP contribution in [0, 0.1) is 10.1 Å². The number of nitrogens with zero attached hydrogens (tertiary/aromatic N) is 2. The van der Waals surface area contributed by atoms with Crippen molar-refractivity contribution in [1.29, 1.82) is 0 Å². The fourth-order valence-electron chi connectivity index (χ4n) is 3.50. The number of anilines is 1. The smallest absolute Gasteiger partial charge is 0.338 e. The van der Waals surface area contributed by atoms with E-state index in [9.17, 15) is 28.1 Å². The van der Waals surface area contributed by atoms with E-state index in [1.54, 1.807) is 43.3 Å². The van der Waals surface area contributed by atoms with Crippen LogP contribution in [0.1, 0.15) is 33.2 Å². The molecule has 0 amide bonds. The molecule has 182 valence electrons. The van der Waals surface area contributed by atoms with Gasteiger partial charge in [-0.2, -0.15) is 12.8 Å². The number of sulfonamides is 1. The molecule has 1 aliphatic carbocycles. The minimum atomic E-state index is -4.34. The summed E-state index contributed by atoms with van der Waals surface area (Å²) in [5, 5.41) is 14.0. The van der Waals surface area contributed by atoms with Crippen LogP contribution in [-0.4, -0.2) is 37.4 Å². The van der Waals surface area contributed by atoms with E-state index in [2.05, 4.69) is 9.71 Å². The lowest BCUT2D eigenvalue weighted by molar-refractivity contribution is -0.385. The number of hydrogen-bond donors (Lipinski definition) is 1. The van der Waals surface area contributed by atoms with Crippen LogP contribution < -0.4 is 5.32 Å². The van der Waals surface area contributed by atoms with Crippen molar-refractivity contribution in [2.45, 2.75) is 11.8 Å². The Balaban J connectivity index is 1.73. The Bertz CT molecular complexity index is 1540. The molecule has 0 unspecified atom stereocenters. The van der Waals surface area contributed by atoms with Crippen molar-refractivity contribution < 1.29 is 27.7 Å². The first-order valence-corrected chi connectivity index (χ1v) is 12.1. The van der Waals surface area contributed by atoms with Crippen molar-refractivity contribution in [3.05, 3.63) is 111 Å². The molecule has 0 radical (unpaired) electrons. The number of Topliss-reactive ketones (excluding diaryl/α,β-unsaturated/α-hetero) is 1. The second kappa shape index (κ2) is 9.92. The van der Waals surface area contributed by atoms with Gasteiger partial charge in [0, 0.05) is 28.9 Å². The van der Waals surface area contributed by atoms with Crippen LogP contribution in [0.5, 0.6) is 0 Å². The number of fused-ring (bicyclic) bond motifs is 1. The van der Waals surface area contributed by atoms with E-state index >= 15 is 0 Å². The second-order valence-electron chi connectivity index (χ2n) is 7.56. The highest BCUT2D eigenvalue weighted by molar-refractivity contribution is 7.90. The number of carbonyl (C=O) groups is 2. The molecule has 11 heteroatoms. The largest absolute Gasteiger partial charge is 0.462 e. The number of benzene rings is 3. The predicted molar refractivity (Wildman–Crippen MR) is 132 cm³/mol. The van der Waals surface area contributed by atoms with Crippen LogP contribution in [0.3, 0.4) is 0 Å². The summed E-state index contributed by atoms with van der Waals surface area (Å²) in [7, 11) is -4.34. The lowest BCUT2D eigenvalue weighted by Crippen LogP contribution is -2.22. The summed E-state index contributed by atoms with van der Waals surface area (Å²) in [5.41, 5.74) is 1.01. The first-order chi connectivity index (χ1) is 17.2. The molecule has 0 atom stereocenters. The maximum absolute atomic E-state index is 13.1. The summed E-state index contributed by atoms with van der Waals surface area (Å²) in [5.74, 6) is -0.863. The normalized spacial score (nSPS) is 14.1. The average Bonchev–Trinajstić information content (AvgIpc) is 2.87. The van der Waals surface area contributed by atoms with Crippen LogP contribution >= 0.6 is 0 Å². The van der Waals surface area contributed by atoms with Gasteiger partial charge in [-0.15, -0.1) is 0 Å². The molecule has 3 aromatic carbocycles. The van der Waals surface area contributed by atoms with Crippen LogP contribution in [0.2, 0.25) is 0 Å². The van der Waals surface area contributed by atoms with Crippen molar-refractivity contribution in [3.63, 3.8) is 0 Å². The van der Waals surface area contributed by atoms with Crippen LogP contribution in [-0.2, 0) is 14.8 Å². The van der Waals surface area contributed by atoms with E-state index in [1.165, 1.54) is 36.4 Å². The number of carbonyl (C=O) groups excluding carboxylic acids is 2. The minimum Gasteiger partial charge on any atom is -0.462 e. The van der Waals surface area contributed by atoms with Crippen molar-refractivity contribution in [1.82, 2.24) is 0 Å². The molecule has 3 aromatic rings. The van der Waals surface area contributed by atoms with Crippen molar-refractivity contribution in [2.75, 3.05) is 11.9 Å². The monoisotopic (exact) mass is 505 g/mol. The highest BCUT2D eigenvalue weighted by atomic mass is 32.2. The Morgan fingerprint density at radius 1 is 1.03 bits per heavy atom. The maximum atomic E-state index is 13.1. The molecular weight excluding hydrogens is 486 g/mol. The van der Waals surface area contributed by atoms with E-state index in [1.807, 2.05) is 0 Å². The number of ketones is 1. The fourth-order valence-corrected chi connectivity index (χ4v) is 4.53. The van der Waals surface area contributed by atoms with Crippen LogP contribution in [0.15, 0.2) is 93.9 Å². The van der Waals surface area contributed by atoms with Gasteiger partial charge in [-0.05, 0) is 43.3 Å². The van der Waals surface area contributed by atoms with Gasteiger partial charge >= 0.3 is 5.97 Å². The number of rotatable bonds is 7. The molecule has 0 aromatic heterocycles. The van der Waals surface area contributed by atoms with Crippen molar-refractivity contribution in [2.24, 2.45) is 4.40 Å². The topological polar surface area (TPSA) is 145 Å². The van der Waals surface area contributed by atoms with Gasteiger partial charge in [-0.3, -0.25) is 14.9 Å². The number of nitro benzene ring substituents is 1. The van der Waals surface area contributed by atoms with Gasteiger partial charge in [0.15, 0.2) is 0 Å². The number of esters is 1. The summed E-state index contributed by atoms with van der Waals surface area (Å²) in [4.78, 5) is 35.0. The Labute approximate surface area is 206 Å². The fraction of sp³-hybridized carbons (Fsp3) is 0.0800. The zero-order valence-electron chi connectivity index (χ0n) is 18.9. The number of allylic oxidation sites excluding steroid dienone is 2. The molecule has 0 aliphatic heterocycles. The van der Waals surface area contributed by atoms with E-state index < -0.39 is 20.9 Å². The van der Waals surface area contributed by atoms with Crippen LogP contribution in [0.4, 0.5) is 11.4 Å². The quantitative estimate of drug-likeness (QED) is 0.286. The van der Waals surface area contributed by atoms with Crippen molar-refractivity contribution >= 4 is 38.9 Å². The standard InChI is InChI=1S/C25H19N3O7S/c1-2-35-25(30)16-10-12-17(13-11-16)26-23-15-22(20-8-3-4-9-21(20)24(23)29)27-36(33,34)19-7-5-6-18(14-19)28(31)32/h3-15,26H,2H2,1H3. The molecule has 10 nitrogen and oxygen atoms in total. The molecular formula is C25H19N3O7S. The first-order valence-electron chi connectivity index (χ1n) is 10.7. The van der Waals surface area contributed by atoms with Gasteiger partial charge in [0.05, 0.1) is 33.4 Å². The summed E-state index contributed by atoms with van der Waals surface area (Å²) in [6, 6.07) is 17.2. The highest BCUT2D eigenvalue weighted by Gasteiger charge is 2.27. The van der Waals surface area contributed by atoms with E-state index in [-0.39, 0.29) is 39.9 Å². The van der Waals surface area contributed by atoms with Crippen LogP contribution in [0.25, 0.3) is 0 Å². The molecule has 1 N–H and O–H groups in total. The molecule has 0 heterocycles. The maximum Gasteiger partial charge on any atom is 0.338 e. The zero-order chi connectivity index (χ0) is 25.9. The van der Waals surface area contributed by atoms with E-state index in [0.717, 1.165) is 6.07 Å². The van der Waals surface area contributed by atoms with Gasteiger partial charge in [0.2, 0.25) is 5.78 Å². The molecule has 36 heavy (non-hydrogen) atoms. The minimum absolute atomic E-state index is 0.0117. The van der Waals surface area contributed by atoms with Gasteiger partial charge in [-0.25, -0.2) is 4.79 Å². The summed E-state index contributed by atoms with van der Waals surface area (Å²) >= 11 is 0. The first kappa shape index (κ1) is 24.5. The van der Waals surface area contributed by atoms with E-state index in [0.29, 0.717) is 16.8 Å². The number of nitro groups is 1. The molecule has 0 bridgehead atoms. The molecule has 1 aliphatic rings. The molecule has 0 spiro atoms. The number of ether oxygens (including phenoxy) is 1. The van der Waals surface area contributed by atoms with E-state index in [4.69, 9.17) is 4.74 Å². The zero-order valence-corrected chi connectivity index (χ0v) is 19.7. The average molecular weight is 506 g/mol. The van der Waals surface area contributed by atoms with Gasteiger partial charge in [0.1, 0.15) is 0 Å². The Morgan fingerprint density at radius 2 is 1.72 bits per heavy atom. The summed E-state index contributed by atoms with van der Waals surface area (Å²) in [6.45, 7) is 1.94. The second-order valence-corrected chi connectivity index (χ2v) is 9.17. The van der Waals surface area contributed by atoms with Gasteiger partial charge < -0.3 is 10.1 Å². The lowest BCUT2D eigenvalue weighted by atomic mass is 9.92. The third-order valence-electron chi connectivity index (χ3n) is 5.19. The highest BCUT2D eigenvalue weighted by Crippen LogP contribution is 2.26. The molecule has 0 fully saturated rings. The summed E-state index contributed by atoms with van der Waals surface area (Å²) in [6.07, 6.45) is 1.30. The Morgan fingerprint density at radius 3 is 2.39 bits per heavy atom. The SMILES string of the molecule is CCOC(=O)c1ccc(NC2=CC(=NS(=O)(=O)c3cccc([N+](=O)[O-])c3)c3ccccc3C2=O)cc1. The molecule has 0 saturated heterocycles. The predicted octanol–water partition coefficient (Wildman–Crippen LogP) is 4.14. The number of nitrogens with one attached hydrogen (secondary N) is 1. The third-order valence-corrected chi connectivity index (χ3v) is 6.48. The molecule has 0 saturated carbocycles. The third kappa shape index (κ3) is 5.05. The molecule has 4 rings (SSSR count). The Hall–Kier alpha value is -4.64. The van der Waals surface area contributed by atoms with Crippen molar-refractivity contribution in [3.8, 4) is 0 Å².